The first kappa shape index (κ1) is 16.0. The number of benzene rings is 2. The van der Waals surface area contributed by atoms with Gasteiger partial charge in [-0.3, -0.25) is 15.1 Å². The zero-order valence-electron chi connectivity index (χ0n) is 13.0. The Morgan fingerprint density at radius 3 is 2.79 bits per heavy atom. The first-order valence-electron chi connectivity index (χ1n) is 7.31. The number of para-hydroxylation sites is 1. The molecule has 0 aromatic heterocycles. The van der Waals surface area contributed by atoms with Crippen molar-refractivity contribution in [3.05, 3.63) is 81.9 Å². The van der Waals surface area contributed by atoms with Gasteiger partial charge in [-0.2, -0.15) is 0 Å². The minimum atomic E-state index is -0.426. The molecule has 0 unspecified atom stereocenters. The fourth-order valence-electron chi connectivity index (χ4n) is 2.27. The van der Waals surface area contributed by atoms with E-state index in [0.717, 1.165) is 5.03 Å². The van der Waals surface area contributed by atoms with Gasteiger partial charge in [0.15, 0.2) is 0 Å². The molecule has 5 nitrogen and oxygen atoms in total. The van der Waals surface area contributed by atoms with Crippen molar-refractivity contribution in [1.82, 2.24) is 0 Å². The molecule has 1 aliphatic rings. The highest BCUT2D eigenvalue weighted by atomic mass is 32.2. The highest BCUT2D eigenvalue weighted by Gasteiger charge is 2.20. The number of allylic oxidation sites excluding steroid dienone is 3. The van der Waals surface area contributed by atoms with Crippen LogP contribution in [0.15, 0.2) is 81.7 Å². The van der Waals surface area contributed by atoms with Gasteiger partial charge in [-0.25, -0.2) is 0 Å². The second-order valence-electron chi connectivity index (χ2n) is 5.07. The summed E-state index contributed by atoms with van der Waals surface area (Å²) in [4.78, 5) is 17.9. The van der Waals surface area contributed by atoms with E-state index in [4.69, 9.17) is 0 Å². The Bertz CT molecular complexity index is 859. The second-order valence-corrected chi connectivity index (χ2v) is 6.14. The predicted octanol–water partition coefficient (Wildman–Crippen LogP) is 4.94. The van der Waals surface area contributed by atoms with Crippen LogP contribution in [0.3, 0.4) is 0 Å². The average Bonchev–Trinajstić information content (AvgIpc) is 2.91. The van der Waals surface area contributed by atoms with Gasteiger partial charge in [0.2, 0.25) is 0 Å². The average molecular weight is 337 g/mol. The summed E-state index contributed by atoms with van der Waals surface area (Å²) in [6, 6.07) is 14.5. The normalized spacial score (nSPS) is 15.5. The van der Waals surface area contributed by atoms with E-state index >= 15 is 0 Å². The van der Waals surface area contributed by atoms with E-state index in [1.54, 1.807) is 30.1 Å². The van der Waals surface area contributed by atoms with E-state index in [0.29, 0.717) is 5.69 Å². The van der Waals surface area contributed by atoms with Gasteiger partial charge in [0.05, 0.1) is 21.3 Å². The lowest BCUT2D eigenvalue weighted by molar-refractivity contribution is -0.384. The van der Waals surface area contributed by atoms with E-state index in [1.165, 1.54) is 22.7 Å². The van der Waals surface area contributed by atoms with Gasteiger partial charge in [0.25, 0.3) is 5.69 Å². The largest absolute Gasteiger partial charge is 0.338 e. The third kappa shape index (κ3) is 3.55. The number of thioether (sulfide) groups is 1. The van der Waals surface area contributed by atoms with Crippen molar-refractivity contribution >= 4 is 35.0 Å². The van der Waals surface area contributed by atoms with Gasteiger partial charge in [0, 0.05) is 30.3 Å². The molecule has 2 aromatic carbocycles. The van der Waals surface area contributed by atoms with Crippen LogP contribution in [0, 0.1) is 10.1 Å². The molecule has 0 atom stereocenters. The number of hydrogen-bond donors (Lipinski definition) is 0. The molecule has 0 saturated carbocycles. The maximum absolute atomic E-state index is 10.7. The molecule has 0 bridgehead atoms. The Labute approximate surface area is 144 Å². The standard InChI is InChI=1S/C18H15N3O2S/c1-20-16-9-2-3-10-17(16)24-18(20)11-4-5-12-19-14-7-6-8-15(13-14)21(22)23/h2-13H,1H3/b5-4+,18-11+,19-12?. The van der Waals surface area contributed by atoms with Crippen LogP contribution in [0.1, 0.15) is 0 Å². The number of fused-ring (bicyclic) bond motifs is 1. The number of nitro benzene ring substituents is 1. The van der Waals surface area contributed by atoms with Crippen LogP contribution in [0.25, 0.3) is 0 Å². The van der Waals surface area contributed by atoms with Crippen molar-refractivity contribution in [2.45, 2.75) is 4.90 Å². The summed E-state index contributed by atoms with van der Waals surface area (Å²) in [5, 5.41) is 11.9. The van der Waals surface area contributed by atoms with E-state index in [-0.39, 0.29) is 5.69 Å². The van der Waals surface area contributed by atoms with Gasteiger partial charge in [-0.15, -0.1) is 0 Å². The molecule has 0 fully saturated rings. The first-order chi connectivity index (χ1) is 11.6. The molecule has 120 valence electrons. The number of rotatable bonds is 4. The molecule has 24 heavy (non-hydrogen) atoms. The molecule has 0 amide bonds. The zero-order chi connectivity index (χ0) is 16.9. The summed E-state index contributed by atoms with van der Waals surface area (Å²) < 4.78 is 0. The molecular formula is C18H15N3O2S. The summed E-state index contributed by atoms with van der Waals surface area (Å²) in [6.07, 6.45) is 7.36. The van der Waals surface area contributed by atoms with Gasteiger partial charge in [0.1, 0.15) is 0 Å². The molecular weight excluding hydrogens is 322 g/mol. The van der Waals surface area contributed by atoms with Crippen LogP contribution in [0.5, 0.6) is 0 Å². The van der Waals surface area contributed by atoms with E-state index in [1.807, 2.05) is 37.4 Å². The number of aliphatic imine (C=N–C) groups is 1. The van der Waals surface area contributed by atoms with Crippen molar-refractivity contribution in [3.63, 3.8) is 0 Å². The number of nitrogens with zero attached hydrogens (tertiary/aromatic N) is 3. The summed E-state index contributed by atoms with van der Waals surface area (Å²) in [7, 11) is 2.04. The van der Waals surface area contributed by atoms with Crippen molar-refractivity contribution in [2.75, 3.05) is 11.9 Å². The van der Waals surface area contributed by atoms with Gasteiger partial charge < -0.3 is 4.90 Å². The maximum atomic E-state index is 10.7. The molecule has 1 heterocycles. The third-order valence-corrected chi connectivity index (χ3v) is 4.66. The third-order valence-electron chi connectivity index (χ3n) is 3.47. The first-order valence-corrected chi connectivity index (χ1v) is 8.13. The fourth-order valence-corrected chi connectivity index (χ4v) is 3.33. The minimum absolute atomic E-state index is 0.0393. The summed E-state index contributed by atoms with van der Waals surface area (Å²) in [5.74, 6) is 0. The quantitative estimate of drug-likeness (QED) is 0.450. The summed E-state index contributed by atoms with van der Waals surface area (Å²) >= 11 is 1.72. The summed E-state index contributed by atoms with van der Waals surface area (Å²) in [6.45, 7) is 0. The van der Waals surface area contributed by atoms with Gasteiger partial charge in [-0.05, 0) is 30.4 Å². The van der Waals surface area contributed by atoms with E-state index < -0.39 is 4.92 Å². The number of anilines is 1. The van der Waals surface area contributed by atoms with Crippen LogP contribution in [0.4, 0.5) is 17.1 Å². The molecule has 2 aromatic rings. The topological polar surface area (TPSA) is 58.7 Å². The molecule has 3 rings (SSSR count). The highest BCUT2D eigenvalue weighted by Crippen LogP contribution is 2.44. The van der Waals surface area contributed by atoms with Gasteiger partial charge in [-0.1, -0.05) is 36.0 Å². The lowest BCUT2D eigenvalue weighted by Crippen LogP contribution is -2.08. The molecule has 0 saturated heterocycles. The fraction of sp³-hybridized carbons (Fsp3) is 0.0556. The Morgan fingerprint density at radius 2 is 2.00 bits per heavy atom. The van der Waals surface area contributed by atoms with E-state index in [2.05, 4.69) is 22.0 Å². The monoisotopic (exact) mass is 337 g/mol. The van der Waals surface area contributed by atoms with Crippen molar-refractivity contribution < 1.29 is 4.92 Å². The molecule has 0 aliphatic carbocycles. The number of hydrogen-bond acceptors (Lipinski definition) is 5. The summed E-state index contributed by atoms with van der Waals surface area (Å²) in [5.41, 5.74) is 1.80. The van der Waals surface area contributed by atoms with Crippen LogP contribution in [-0.4, -0.2) is 18.2 Å². The molecule has 0 N–H and O–H groups in total. The van der Waals surface area contributed by atoms with Crippen LogP contribution < -0.4 is 4.90 Å². The maximum Gasteiger partial charge on any atom is 0.271 e. The minimum Gasteiger partial charge on any atom is -0.338 e. The SMILES string of the molecule is CN1/C(=C\C=C\C=Nc2cccc([N+](=O)[O-])c2)Sc2ccccc21. The van der Waals surface area contributed by atoms with Crippen LogP contribution in [-0.2, 0) is 0 Å². The molecule has 0 radical (unpaired) electrons. The Morgan fingerprint density at radius 1 is 1.17 bits per heavy atom. The van der Waals surface area contributed by atoms with Crippen LogP contribution >= 0.6 is 11.8 Å². The second kappa shape index (κ2) is 7.14. The highest BCUT2D eigenvalue weighted by molar-refractivity contribution is 8.03. The molecule has 1 aliphatic heterocycles. The van der Waals surface area contributed by atoms with E-state index in [9.17, 15) is 10.1 Å². The smallest absolute Gasteiger partial charge is 0.271 e. The Balaban J connectivity index is 1.65. The Kier molecular flexibility index (Phi) is 4.77. The number of nitro groups is 1. The van der Waals surface area contributed by atoms with Crippen LogP contribution in [0.2, 0.25) is 0 Å². The zero-order valence-corrected chi connectivity index (χ0v) is 13.8. The van der Waals surface area contributed by atoms with Gasteiger partial charge >= 0.3 is 0 Å². The molecule has 6 heteroatoms. The lowest BCUT2D eigenvalue weighted by atomic mass is 10.3. The van der Waals surface area contributed by atoms with Crippen molar-refractivity contribution in [3.8, 4) is 0 Å². The van der Waals surface area contributed by atoms with Crippen molar-refractivity contribution in [2.24, 2.45) is 4.99 Å². The van der Waals surface area contributed by atoms with Crippen molar-refractivity contribution in [1.29, 1.82) is 0 Å². The lowest BCUT2D eigenvalue weighted by Gasteiger charge is -2.12. The number of non-ortho nitro benzene ring substituents is 1. The Hall–Kier alpha value is -2.86. The molecule has 0 spiro atoms. The predicted molar refractivity (Wildman–Crippen MR) is 99.2 cm³/mol.